The molecular formula is C16H18N4O3S2. The quantitative estimate of drug-likeness (QED) is 0.636. The number of rotatable bonds is 5. The minimum atomic E-state index is -3.55. The van der Waals surface area contributed by atoms with Crippen LogP contribution >= 0.6 is 11.3 Å². The maximum atomic E-state index is 12.6. The topological polar surface area (TPSA) is 91.7 Å². The average molecular weight is 378 g/mol. The van der Waals surface area contributed by atoms with E-state index in [1.165, 1.54) is 34.0 Å². The molecule has 3 rings (SSSR count). The lowest BCUT2D eigenvalue weighted by Gasteiger charge is -2.15. The van der Waals surface area contributed by atoms with Crippen LogP contribution in [0.4, 0.5) is 0 Å². The average Bonchev–Trinajstić information content (AvgIpc) is 3.27. The third kappa shape index (κ3) is 4.12. The third-order valence-corrected chi connectivity index (χ3v) is 6.49. The number of benzene rings is 1. The summed E-state index contributed by atoms with van der Waals surface area (Å²) in [6, 6.07) is 6.00. The van der Waals surface area contributed by atoms with Crippen LogP contribution in [0.5, 0.6) is 0 Å². The zero-order chi connectivity index (χ0) is 17.9. The van der Waals surface area contributed by atoms with Crippen LogP contribution in [0.15, 0.2) is 39.6 Å². The Labute approximate surface area is 150 Å². The standard InChI is InChI=1S/C16H18N4O3S2/c1-12-18-14(11-24-12)10-17-19-16(21)13-5-4-6-15(9-13)25(22,23)20-7-2-3-8-20/h4-6,9-11H,2-3,7-8H2,1H3,(H,19,21)/b17-10-. The first-order valence-corrected chi connectivity index (χ1v) is 10.1. The SMILES string of the molecule is Cc1nc(/C=N\NC(=O)c2cccc(S(=O)(=O)N3CCCC3)c2)cs1. The molecule has 0 bridgehead atoms. The fourth-order valence-corrected chi connectivity index (χ4v) is 4.66. The molecule has 0 spiro atoms. The van der Waals surface area contributed by atoms with E-state index in [9.17, 15) is 13.2 Å². The van der Waals surface area contributed by atoms with Gasteiger partial charge in [-0.1, -0.05) is 6.07 Å². The number of hydrogen-bond donors (Lipinski definition) is 1. The fourth-order valence-electron chi connectivity index (χ4n) is 2.54. The van der Waals surface area contributed by atoms with E-state index in [-0.39, 0.29) is 10.5 Å². The molecule has 25 heavy (non-hydrogen) atoms. The highest BCUT2D eigenvalue weighted by molar-refractivity contribution is 7.89. The number of nitrogens with one attached hydrogen (secondary N) is 1. The lowest BCUT2D eigenvalue weighted by Crippen LogP contribution is -2.28. The van der Waals surface area contributed by atoms with Gasteiger partial charge >= 0.3 is 0 Å². The van der Waals surface area contributed by atoms with Gasteiger partial charge in [0.15, 0.2) is 0 Å². The molecule has 1 saturated heterocycles. The number of aryl methyl sites for hydroxylation is 1. The van der Waals surface area contributed by atoms with E-state index in [4.69, 9.17) is 0 Å². The maximum absolute atomic E-state index is 12.6. The van der Waals surface area contributed by atoms with Crippen LogP contribution in [0.25, 0.3) is 0 Å². The molecule has 0 saturated carbocycles. The summed E-state index contributed by atoms with van der Waals surface area (Å²) in [6.07, 6.45) is 3.18. The lowest BCUT2D eigenvalue weighted by atomic mass is 10.2. The number of carbonyl (C=O) groups excluding carboxylic acids is 1. The van der Waals surface area contributed by atoms with Crippen molar-refractivity contribution >= 4 is 33.5 Å². The molecule has 1 aromatic carbocycles. The van der Waals surface area contributed by atoms with E-state index >= 15 is 0 Å². The van der Waals surface area contributed by atoms with Crippen LogP contribution in [0.3, 0.4) is 0 Å². The van der Waals surface area contributed by atoms with E-state index in [1.54, 1.807) is 12.1 Å². The Kier molecular flexibility index (Phi) is 5.26. The van der Waals surface area contributed by atoms with Crippen LogP contribution in [0.2, 0.25) is 0 Å². The van der Waals surface area contributed by atoms with Crippen molar-refractivity contribution in [2.24, 2.45) is 5.10 Å². The largest absolute Gasteiger partial charge is 0.271 e. The molecule has 0 aliphatic carbocycles. The van der Waals surface area contributed by atoms with Crippen molar-refractivity contribution in [3.05, 3.63) is 45.9 Å². The second kappa shape index (κ2) is 7.42. The Hall–Kier alpha value is -2.10. The first-order valence-electron chi connectivity index (χ1n) is 7.82. The number of carbonyl (C=O) groups is 1. The van der Waals surface area contributed by atoms with Crippen LogP contribution in [0.1, 0.15) is 33.9 Å². The smallest absolute Gasteiger partial charge is 0.267 e. The van der Waals surface area contributed by atoms with Gasteiger partial charge in [0.25, 0.3) is 5.91 Å². The summed E-state index contributed by atoms with van der Waals surface area (Å²) in [7, 11) is -3.55. The highest BCUT2D eigenvalue weighted by Gasteiger charge is 2.27. The second-order valence-electron chi connectivity index (χ2n) is 5.63. The molecule has 0 unspecified atom stereocenters. The van der Waals surface area contributed by atoms with Crippen molar-refractivity contribution in [3.8, 4) is 0 Å². The predicted molar refractivity (Wildman–Crippen MR) is 96.3 cm³/mol. The Morgan fingerprint density at radius 2 is 2.12 bits per heavy atom. The molecule has 1 aromatic heterocycles. The Bertz CT molecular complexity index is 900. The number of nitrogens with zero attached hydrogens (tertiary/aromatic N) is 3. The highest BCUT2D eigenvalue weighted by atomic mass is 32.2. The summed E-state index contributed by atoms with van der Waals surface area (Å²) in [6.45, 7) is 2.93. The summed E-state index contributed by atoms with van der Waals surface area (Å²) < 4.78 is 26.6. The molecule has 1 aliphatic heterocycles. The summed E-state index contributed by atoms with van der Waals surface area (Å²) in [5.41, 5.74) is 3.29. The Balaban J connectivity index is 1.72. The van der Waals surface area contributed by atoms with Crippen LogP contribution in [-0.2, 0) is 10.0 Å². The van der Waals surface area contributed by atoms with Gasteiger partial charge in [-0.3, -0.25) is 4.79 Å². The summed E-state index contributed by atoms with van der Waals surface area (Å²) >= 11 is 1.49. The molecule has 2 heterocycles. The zero-order valence-electron chi connectivity index (χ0n) is 13.7. The number of aromatic nitrogens is 1. The molecule has 1 fully saturated rings. The van der Waals surface area contributed by atoms with Crippen LogP contribution in [-0.4, -0.2) is 42.9 Å². The summed E-state index contributed by atoms with van der Waals surface area (Å²) in [5, 5.41) is 6.60. The number of hydrazone groups is 1. The molecule has 9 heteroatoms. The van der Waals surface area contributed by atoms with Gasteiger partial charge < -0.3 is 0 Å². The van der Waals surface area contributed by atoms with Gasteiger partial charge in [0.1, 0.15) is 0 Å². The number of sulfonamides is 1. The molecule has 0 radical (unpaired) electrons. The second-order valence-corrected chi connectivity index (χ2v) is 8.63. The monoisotopic (exact) mass is 378 g/mol. The van der Waals surface area contributed by atoms with Gasteiger partial charge in [0.05, 0.1) is 21.8 Å². The first-order chi connectivity index (χ1) is 12.0. The number of hydrogen-bond acceptors (Lipinski definition) is 6. The maximum Gasteiger partial charge on any atom is 0.271 e. The van der Waals surface area contributed by atoms with E-state index in [0.29, 0.717) is 18.8 Å². The number of thiazole rings is 1. The molecule has 7 nitrogen and oxygen atoms in total. The zero-order valence-corrected chi connectivity index (χ0v) is 15.3. The van der Waals surface area contributed by atoms with E-state index in [2.05, 4.69) is 15.5 Å². The van der Waals surface area contributed by atoms with E-state index in [1.807, 2.05) is 12.3 Å². The highest BCUT2D eigenvalue weighted by Crippen LogP contribution is 2.21. The van der Waals surface area contributed by atoms with Crippen molar-refractivity contribution in [2.45, 2.75) is 24.7 Å². The molecule has 132 valence electrons. The number of amides is 1. The molecule has 1 N–H and O–H groups in total. The molecule has 1 amide bonds. The van der Waals surface area contributed by atoms with Crippen molar-refractivity contribution in [2.75, 3.05) is 13.1 Å². The predicted octanol–water partition coefficient (Wildman–Crippen LogP) is 2.00. The third-order valence-electron chi connectivity index (χ3n) is 3.80. The normalized spacial score (nSPS) is 15.7. The molecule has 2 aromatic rings. The van der Waals surface area contributed by atoms with Crippen molar-refractivity contribution in [3.63, 3.8) is 0 Å². The van der Waals surface area contributed by atoms with Gasteiger partial charge in [0, 0.05) is 24.0 Å². The Morgan fingerprint density at radius 1 is 1.36 bits per heavy atom. The van der Waals surface area contributed by atoms with Gasteiger partial charge in [0.2, 0.25) is 10.0 Å². The van der Waals surface area contributed by atoms with E-state index in [0.717, 1.165) is 17.8 Å². The summed E-state index contributed by atoms with van der Waals surface area (Å²) in [5.74, 6) is -0.471. The van der Waals surface area contributed by atoms with E-state index < -0.39 is 15.9 Å². The fraction of sp³-hybridized carbons (Fsp3) is 0.312. The molecule has 1 aliphatic rings. The van der Waals surface area contributed by atoms with Crippen molar-refractivity contribution < 1.29 is 13.2 Å². The van der Waals surface area contributed by atoms with Crippen molar-refractivity contribution in [1.29, 1.82) is 0 Å². The van der Waals surface area contributed by atoms with Crippen LogP contribution in [0, 0.1) is 6.92 Å². The Morgan fingerprint density at radius 3 is 2.80 bits per heavy atom. The van der Waals surface area contributed by atoms with Gasteiger partial charge in [-0.25, -0.2) is 18.8 Å². The van der Waals surface area contributed by atoms with Crippen LogP contribution < -0.4 is 5.43 Å². The molecular weight excluding hydrogens is 360 g/mol. The minimum absolute atomic E-state index is 0.126. The lowest BCUT2D eigenvalue weighted by molar-refractivity contribution is 0.0955. The first kappa shape index (κ1) is 17.7. The minimum Gasteiger partial charge on any atom is -0.267 e. The molecule has 0 atom stereocenters. The van der Waals surface area contributed by atoms with Gasteiger partial charge in [-0.05, 0) is 38.0 Å². The van der Waals surface area contributed by atoms with Gasteiger partial charge in [-0.15, -0.1) is 11.3 Å². The van der Waals surface area contributed by atoms with Gasteiger partial charge in [-0.2, -0.15) is 9.41 Å². The summed E-state index contributed by atoms with van der Waals surface area (Å²) in [4.78, 5) is 16.5. The van der Waals surface area contributed by atoms with Crippen molar-refractivity contribution in [1.82, 2.24) is 14.7 Å².